The van der Waals surface area contributed by atoms with Crippen LogP contribution in [0, 0.1) is 24.7 Å². The number of hydrogen-bond donors (Lipinski definition) is 2. The van der Waals surface area contributed by atoms with Crippen LogP contribution < -0.4 is 5.32 Å². The third-order valence-corrected chi connectivity index (χ3v) is 3.58. The van der Waals surface area contributed by atoms with E-state index in [-0.39, 0.29) is 12.5 Å². The molecule has 4 heteroatoms. The molecule has 0 aliphatic carbocycles. The average Bonchev–Trinajstić information content (AvgIpc) is 2.98. The van der Waals surface area contributed by atoms with Crippen LogP contribution in [0.1, 0.15) is 34.3 Å². The van der Waals surface area contributed by atoms with E-state index in [4.69, 9.17) is 9.84 Å². The minimum atomic E-state index is -0.212. The molecule has 21 heavy (non-hydrogen) atoms. The molecule has 1 amide bonds. The zero-order chi connectivity index (χ0) is 15.1. The molecule has 0 aromatic heterocycles. The fourth-order valence-electron chi connectivity index (χ4n) is 2.39. The van der Waals surface area contributed by atoms with E-state index in [1.165, 1.54) is 0 Å². The number of ether oxygens (including phenoxy) is 1. The number of carbonyl (C=O) groups excluding carboxylic acids is 1. The maximum Gasteiger partial charge on any atom is 0.252 e. The van der Waals surface area contributed by atoms with Gasteiger partial charge in [0, 0.05) is 25.3 Å². The van der Waals surface area contributed by atoms with E-state index in [1.54, 1.807) is 6.07 Å². The Kier molecular flexibility index (Phi) is 5.79. The molecular weight excluding hydrogens is 266 g/mol. The molecule has 1 aromatic carbocycles. The van der Waals surface area contributed by atoms with Gasteiger partial charge in [0.05, 0.1) is 5.56 Å². The molecule has 1 atom stereocenters. The summed E-state index contributed by atoms with van der Waals surface area (Å²) in [5.74, 6) is 5.87. The highest BCUT2D eigenvalue weighted by Gasteiger charge is 2.16. The second kappa shape index (κ2) is 7.82. The summed E-state index contributed by atoms with van der Waals surface area (Å²) in [6.45, 7) is 4.02. The van der Waals surface area contributed by atoms with Crippen LogP contribution in [0.25, 0.3) is 0 Å². The van der Waals surface area contributed by atoms with Crippen LogP contribution in [0.3, 0.4) is 0 Å². The normalized spacial score (nSPS) is 17.1. The highest BCUT2D eigenvalue weighted by molar-refractivity contribution is 5.96. The smallest absolute Gasteiger partial charge is 0.252 e. The average molecular weight is 287 g/mol. The first-order valence-corrected chi connectivity index (χ1v) is 7.27. The summed E-state index contributed by atoms with van der Waals surface area (Å²) in [4.78, 5) is 12.2. The second-order valence-electron chi connectivity index (χ2n) is 5.28. The number of benzene rings is 1. The van der Waals surface area contributed by atoms with Crippen LogP contribution in [-0.4, -0.2) is 37.4 Å². The highest BCUT2D eigenvalue weighted by atomic mass is 16.5. The number of aliphatic hydroxyl groups is 1. The predicted molar refractivity (Wildman–Crippen MR) is 81.0 cm³/mol. The Morgan fingerprint density at radius 3 is 3.10 bits per heavy atom. The SMILES string of the molecule is Cc1ccc(C(=O)NCCC2CCOC2)c(C#CCO)c1. The lowest BCUT2D eigenvalue weighted by Gasteiger charge is -2.10. The van der Waals surface area contributed by atoms with Gasteiger partial charge in [0.25, 0.3) is 5.91 Å². The molecule has 112 valence electrons. The molecule has 2 rings (SSSR count). The van der Waals surface area contributed by atoms with E-state index < -0.39 is 0 Å². The van der Waals surface area contributed by atoms with Crippen LogP contribution in [0.2, 0.25) is 0 Å². The van der Waals surface area contributed by atoms with E-state index >= 15 is 0 Å². The fourth-order valence-corrected chi connectivity index (χ4v) is 2.39. The summed E-state index contributed by atoms with van der Waals surface area (Å²) in [5.41, 5.74) is 2.26. The fraction of sp³-hybridized carbons (Fsp3) is 0.471. The Bertz CT molecular complexity index is 551. The number of carbonyl (C=O) groups is 1. The van der Waals surface area contributed by atoms with Gasteiger partial charge in [-0.05, 0) is 43.4 Å². The summed E-state index contributed by atoms with van der Waals surface area (Å²) >= 11 is 0. The molecule has 1 fully saturated rings. The summed E-state index contributed by atoms with van der Waals surface area (Å²) in [6.07, 6.45) is 2.02. The van der Waals surface area contributed by atoms with Crippen molar-refractivity contribution in [1.82, 2.24) is 5.32 Å². The van der Waals surface area contributed by atoms with Crippen molar-refractivity contribution in [3.05, 3.63) is 34.9 Å². The van der Waals surface area contributed by atoms with E-state index in [0.717, 1.165) is 31.6 Å². The topological polar surface area (TPSA) is 58.6 Å². The van der Waals surface area contributed by atoms with Gasteiger partial charge in [0.1, 0.15) is 6.61 Å². The van der Waals surface area contributed by atoms with Gasteiger partial charge >= 0.3 is 0 Å². The molecule has 1 aliphatic rings. The van der Waals surface area contributed by atoms with Crippen LogP contribution in [0.15, 0.2) is 18.2 Å². The van der Waals surface area contributed by atoms with Crippen LogP contribution in [0.4, 0.5) is 0 Å². The van der Waals surface area contributed by atoms with Crippen molar-refractivity contribution in [2.75, 3.05) is 26.4 Å². The first kappa shape index (κ1) is 15.6. The number of amides is 1. The zero-order valence-electron chi connectivity index (χ0n) is 12.3. The van der Waals surface area contributed by atoms with Gasteiger partial charge in [-0.1, -0.05) is 17.9 Å². The molecule has 0 radical (unpaired) electrons. The molecule has 2 N–H and O–H groups in total. The maximum absolute atomic E-state index is 12.2. The molecule has 1 heterocycles. The molecule has 0 spiro atoms. The number of aryl methyl sites for hydroxylation is 1. The van der Waals surface area contributed by atoms with Crippen LogP contribution >= 0.6 is 0 Å². The predicted octanol–water partition coefficient (Wildman–Crippen LogP) is 1.50. The second-order valence-corrected chi connectivity index (χ2v) is 5.28. The zero-order valence-corrected chi connectivity index (χ0v) is 12.3. The minimum absolute atomic E-state index is 0.115. The largest absolute Gasteiger partial charge is 0.384 e. The quantitative estimate of drug-likeness (QED) is 0.825. The molecule has 1 unspecified atom stereocenters. The number of hydrogen-bond acceptors (Lipinski definition) is 3. The summed E-state index contributed by atoms with van der Waals surface area (Å²) < 4.78 is 5.32. The number of nitrogens with one attached hydrogen (secondary N) is 1. The van der Waals surface area contributed by atoms with E-state index in [9.17, 15) is 4.79 Å². The first-order valence-electron chi connectivity index (χ1n) is 7.27. The molecule has 0 saturated carbocycles. The number of rotatable bonds is 4. The van der Waals surface area contributed by atoms with Crippen molar-refractivity contribution in [2.24, 2.45) is 5.92 Å². The standard InChI is InChI=1S/C17H21NO3/c1-13-4-5-16(15(11-13)3-2-9-19)17(20)18-8-6-14-7-10-21-12-14/h4-5,11,14,19H,6-10,12H2,1H3,(H,18,20). The lowest BCUT2D eigenvalue weighted by Crippen LogP contribution is -2.26. The van der Waals surface area contributed by atoms with Gasteiger partial charge in [0.15, 0.2) is 0 Å². The summed E-state index contributed by atoms with van der Waals surface area (Å²) in [6, 6.07) is 5.54. The molecule has 0 bridgehead atoms. The maximum atomic E-state index is 12.2. The third-order valence-electron chi connectivity index (χ3n) is 3.58. The molecule has 1 saturated heterocycles. The summed E-state index contributed by atoms with van der Waals surface area (Å²) in [5, 5.41) is 11.7. The Balaban J connectivity index is 1.97. The van der Waals surface area contributed by atoms with Gasteiger partial charge < -0.3 is 15.2 Å². The van der Waals surface area contributed by atoms with E-state index in [0.29, 0.717) is 23.6 Å². The van der Waals surface area contributed by atoms with Crippen molar-refractivity contribution < 1.29 is 14.6 Å². The molecule has 1 aromatic rings. The Morgan fingerprint density at radius 1 is 1.52 bits per heavy atom. The van der Waals surface area contributed by atoms with Crippen LogP contribution in [-0.2, 0) is 4.74 Å². The lowest BCUT2D eigenvalue weighted by molar-refractivity contribution is 0.0950. The van der Waals surface area contributed by atoms with Crippen LogP contribution in [0.5, 0.6) is 0 Å². The van der Waals surface area contributed by atoms with Crippen molar-refractivity contribution >= 4 is 5.91 Å². The minimum Gasteiger partial charge on any atom is -0.384 e. The van der Waals surface area contributed by atoms with Gasteiger partial charge in [-0.25, -0.2) is 0 Å². The number of aliphatic hydroxyl groups excluding tert-OH is 1. The monoisotopic (exact) mass is 287 g/mol. The van der Waals surface area contributed by atoms with Crippen molar-refractivity contribution in [3.63, 3.8) is 0 Å². The Morgan fingerprint density at radius 2 is 2.38 bits per heavy atom. The first-order chi connectivity index (χ1) is 10.2. The van der Waals surface area contributed by atoms with Crippen molar-refractivity contribution in [2.45, 2.75) is 19.8 Å². The Hall–Kier alpha value is -1.83. The molecule has 4 nitrogen and oxygen atoms in total. The Labute approximate surface area is 125 Å². The summed E-state index contributed by atoms with van der Waals surface area (Å²) in [7, 11) is 0. The van der Waals surface area contributed by atoms with Gasteiger partial charge in [0.2, 0.25) is 0 Å². The van der Waals surface area contributed by atoms with Crippen molar-refractivity contribution in [1.29, 1.82) is 0 Å². The molecular formula is C17H21NO3. The van der Waals surface area contributed by atoms with E-state index in [2.05, 4.69) is 17.2 Å². The molecule has 1 aliphatic heterocycles. The lowest BCUT2D eigenvalue weighted by atomic mass is 10.0. The van der Waals surface area contributed by atoms with Gasteiger partial charge in [-0.15, -0.1) is 0 Å². The van der Waals surface area contributed by atoms with Gasteiger partial charge in [-0.3, -0.25) is 4.79 Å². The highest BCUT2D eigenvalue weighted by Crippen LogP contribution is 2.15. The van der Waals surface area contributed by atoms with Gasteiger partial charge in [-0.2, -0.15) is 0 Å². The van der Waals surface area contributed by atoms with E-state index in [1.807, 2.05) is 19.1 Å². The van der Waals surface area contributed by atoms with Crippen molar-refractivity contribution in [3.8, 4) is 11.8 Å². The third kappa shape index (κ3) is 4.59.